The monoisotopic (exact) mass is 417 g/mol. The molecule has 138 valence electrons. The number of piperazine rings is 1. The quantitative estimate of drug-likeness (QED) is 0.755. The summed E-state index contributed by atoms with van der Waals surface area (Å²) >= 11 is 3.56. The average molecular weight is 418 g/mol. The highest BCUT2D eigenvalue weighted by Gasteiger charge is 2.19. The smallest absolute Gasteiger partial charge is 0.320 e. The number of carboxylic acid groups (broad SMARTS) is 1. The standard InChI is InChI=1S/C20H24BrN3O2/c21-18-13-17(7-6-16(18)12-19(22)20(25)26)24-10-8-23(9-11-24)14-15-4-2-1-3-5-15/h1-7,13,19H,8-12,14,22H2,(H,25,26). The lowest BCUT2D eigenvalue weighted by Crippen LogP contribution is -2.46. The normalized spacial score (nSPS) is 16.5. The second-order valence-corrected chi connectivity index (χ2v) is 7.53. The van der Waals surface area contributed by atoms with Crippen molar-refractivity contribution in [2.75, 3.05) is 31.1 Å². The molecule has 1 atom stereocenters. The van der Waals surface area contributed by atoms with E-state index in [1.807, 2.05) is 12.1 Å². The van der Waals surface area contributed by atoms with Crippen LogP contribution in [0, 0.1) is 0 Å². The molecule has 2 aromatic rings. The number of hydrogen-bond donors (Lipinski definition) is 2. The summed E-state index contributed by atoms with van der Waals surface area (Å²) in [5.74, 6) is -0.976. The lowest BCUT2D eigenvalue weighted by Gasteiger charge is -2.36. The maximum Gasteiger partial charge on any atom is 0.320 e. The predicted octanol–water partition coefficient (Wildman–Crippen LogP) is 2.73. The van der Waals surface area contributed by atoms with Gasteiger partial charge in [-0.1, -0.05) is 52.3 Å². The molecule has 0 amide bonds. The molecule has 1 heterocycles. The maximum absolute atomic E-state index is 10.9. The Balaban J connectivity index is 1.57. The number of anilines is 1. The largest absolute Gasteiger partial charge is 0.480 e. The van der Waals surface area contributed by atoms with Crippen molar-refractivity contribution in [1.82, 2.24) is 4.90 Å². The zero-order valence-corrected chi connectivity index (χ0v) is 16.2. The van der Waals surface area contributed by atoms with Gasteiger partial charge in [-0.2, -0.15) is 0 Å². The fourth-order valence-corrected chi connectivity index (χ4v) is 3.76. The average Bonchev–Trinajstić information content (AvgIpc) is 2.65. The number of benzene rings is 2. The van der Waals surface area contributed by atoms with Gasteiger partial charge in [0.15, 0.2) is 0 Å². The Morgan fingerprint density at radius 2 is 1.81 bits per heavy atom. The lowest BCUT2D eigenvalue weighted by atomic mass is 10.1. The van der Waals surface area contributed by atoms with E-state index in [2.05, 4.69) is 62.1 Å². The molecule has 0 radical (unpaired) electrons. The lowest BCUT2D eigenvalue weighted by molar-refractivity contribution is -0.138. The third-order valence-corrected chi connectivity index (χ3v) is 5.52. The molecular weight excluding hydrogens is 394 g/mol. The highest BCUT2D eigenvalue weighted by Crippen LogP contribution is 2.26. The summed E-state index contributed by atoms with van der Waals surface area (Å²) in [6.45, 7) is 5.00. The Hall–Kier alpha value is -1.89. The molecular formula is C20H24BrN3O2. The van der Waals surface area contributed by atoms with Gasteiger partial charge < -0.3 is 15.7 Å². The Bertz CT molecular complexity index is 746. The van der Waals surface area contributed by atoms with E-state index in [-0.39, 0.29) is 0 Å². The molecule has 1 aliphatic heterocycles. The van der Waals surface area contributed by atoms with E-state index >= 15 is 0 Å². The minimum Gasteiger partial charge on any atom is -0.480 e. The van der Waals surface area contributed by atoms with Crippen LogP contribution in [-0.2, 0) is 17.8 Å². The summed E-state index contributed by atoms with van der Waals surface area (Å²) in [6.07, 6.45) is 0.320. The van der Waals surface area contributed by atoms with Crippen molar-refractivity contribution in [3.05, 3.63) is 64.1 Å². The molecule has 1 saturated heterocycles. The minimum absolute atomic E-state index is 0.320. The first-order valence-corrected chi connectivity index (χ1v) is 9.60. The van der Waals surface area contributed by atoms with Gasteiger partial charge in [0.1, 0.15) is 6.04 Å². The highest BCUT2D eigenvalue weighted by atomic mass is 79.9. The number of nitrogens with zero attached hydrogens (tertiary/aromatic N) is 2. The Labute approximate surface area is 162 Å². The van der Waals surface area contributed by atoms with Crippen LogP contribution in [0.2, 0.25) is 0 Å². The topological polar surface area (TPSA) is 69.8 Å². The van der Waals surface area contributed by atoms with Crippen molar-refractivity contribution in [3.8, 4) is 0 Å². The van der Waals surface area contributed by atoms with Gasteiger partial charge in [-0.25, -0.2) is 0 Å². The van der Waals surface area contributed by atoms with E-state index in [1.54, 1.807) is 0 Å². The number of aliphatic carboxylic acids is 1. The summed E-state index contributed by atoms with van der Waals surface area (Å²) < 4.78 is 0.915. The van der Waals surface area contributed by atoms with Gasteiger partial charge in [-0.3, -0.25) is 9.69 Å². The van der Waals surface area contributed by atoms with Crippen LogP contribution < -0.4 is 10.6 Å². The Kier molecular flexibility index (Phi) is 6.29. The maximum atomic E-state index is 10.9. The number of nitrogens with two attached hydrogens (primary N) is 1. The Morgan fingerprint density at radius 3 is 2.42 bits per heavy atom. The van der Waals surface area contributed by atoms with E-state index in [9.17, 15) is 4.79 Å². The van der Waals surface area contributed by atoms with Gasteiger partial charge in [0, 0.05) is 42.9 Å². The van der Waals surface area contributed by atoms with Crippen molar-refractivity contribution in [3.63, 3.8) is 0 Å². The second kappa shape index (κ2) is 8.66. The van der Waals surface area contributed by atoms with Crippen LogP contribution in [0.1, 0.15) is 11.1 Å². The molecule has 5 nitrogen and oxygen atoms in total. The summed E-state index contributed by atoms with van der Waals surface area (Å²) in [5.41, 5.74) is 9.07. The number of carboxylic acids is 1. The van der Waals surface area contributed by atoms with Crippen LogP contribution in [0.25, 0.3) is 0 Å². The van der Waals surface area contributed by atoms with Crippen LogP contribution in [0.3, 0.4) is 0 Å². The number of hydrogen-bond acceptors (Lipinski definition) is 4. The molecule has 6 heteroatoms. The van der Waals surface area contributed by atoms with E-state index in [0.29, 0.717) is 6.42 Å². The van der Waals surface area contributed by atoms with Gasteiger partial charge in [-0.15, -0.1) is 0 Å². The zero-order chi connectivity index (χ0) is 18.5. The molecule has 0 saturated carbocycles. The molecule has 26 heavy (non-hydrogen) atoms. The third-order valence-electron chi connectivity index (χ3n) is 4.78. The van der Waals surface area contributed by atoms with Crippen LogP contribution in [-0.4, -0.2) is 48.2 Å². The first kappa shape index (κ1) is 18.9. The van der Waals surface area contributed by atoms with Crippen molar-refractivity contribution in [1.29, 1.82) is 0 Å². The number of rotatable bonds is 6. The molecule has 0 aromatic heterocycles. The molecule has 0 bridgehead atoms. The van der Waals surface area contributed by atoms with E-state index in [4.69, 9.17) is 10.8 Å². The van der Waals surface area contributed by atoms with Gasteiger partial charge in [0.25, 0.3) is 0 Å². The van der Waals surface area contributed by atoms with Crippen molar-refractivity contribution in [2.45, 2.75) is 19.0 Å². The second-order valence-electron chi connectivity index (χ2n) is 6.67. The van der Waals surface area contributed by atoms with Crippen LogP contribution >= 0.6 is 15.9 Å². The van der Waals surface area contributed by atoms with Gasteiger partial charge in [-0.05, 0) is 29.7 Å². The van der Waals surface area contributed by atoms with Crippen molar-refractivity contribution >= 4 is 27.6 Å². The number of halogens is 1. The molecule has 1 fully saturated rings. The van der Waals surface area contributed by atoms with Crippen LogP contribution in [0.4, 0.5) is 5.69 Å². The predicted molar refractivity (Wildman–Crippen MR) is 107 cm³/mol. The SMILES string of the molecule is NC(Cc1ccc(N2CCN(Cc3ccccc3)CC2)cc1Br)C(=O)O. The highest BCUT2D eigenvalue weighted by molar-refractivity contribution is 9.10. The molecule has 0 aliphatic carbocycles. The van der Waals surface area contributed by atoms with Crippen molar-refractivity contribution < 1.29 is 9.90 Å². The molecule has 3 rings (SSSR count). The molecule has 1 aliphatic rings. The first-order chi connectivity index (χ1) is 12.5. The number of carbonyl (C=O) groups is 1. The molecule has 0 spiro atoms. The van der Waals surface area contributed by atoms with Crippen molar-refractivity contribution in [2.24, 2.45) is 5.73 Å². The van der Waals surface area contributed by atoms with E-state index in [1.165, 1.54) is 5.56 Å². The Morgan fingerprint density at radius 1 is 1.12 bits per heavy atom. The van der Waals surface area contributed by atoms with Crippen LogP contribution in [0.5, 0.6) is 0 Å². The molecule has 2 aromatic carbocycles. The minimum atomic E-state index is -0.976. The summed E-state index contributed by atoms with van der Waals surface area (Å²) in [5, 5.41) is 8.97. The fourth-order valence-electron chi connectivity index (χ4n) is 3.23. The van der Waals surface area contributed by atoms with E-state index < -0.39 is 12.0 Å². The van der Waals surface area contributed by atoms with Gasteiger partial charge in [0.05, 0.1) is 0 Å². The summed E-state index contributed by atoms with van der Waals surface area (Å²) in [6, 6.07) is 15.8. The summed E-state index contributed by atoms with van der Waals surface area (Å²) in [7, 11) is 0. The fraction of sp³-hybridized carbons (Fsp3) is 0.350. The van der Waals surface area contributed by atoms with Crippen LogP contribution in [0.15, 0.2) is 53.0 Å². The van der Waals surface area contributed by atoms with E-state index in [0.717, 1.165) is 48.4 Å². The zero-order valence-electron chi connectivity index (χ0n) is 14.6. The van der Waals surface area contributed by atoms with Gasteiger partial charge >= 0.3 is 5.97 Å². The molecule has 1 unspecified atom stereocenters. The molecule has 3 N–H and O–H groups in total. The van der Waals surface area contributed by atoms with Gasteiger partial charge in [0.2, 0.25) is 0 Å². The summed E-state index contributed by atoms with van der Waals surface area (Å²) in [4.78, 5) is 15.8. The third kappa shape index (κ3) is 4.84. The first-order valence-electron chi connectivity index (χ1n) is 8.81.